The highest BCUT2D eigenvalue weighted by atomic mass is 32.2. The van der Waals surface area contributed by atoms with Crippen molar-refractivity contribution < 1.29 is 13.9 Å². The lowest BCUT2D eigenvalue weighted by atomic mass is 10.2. The van der Waals surface area contributed by atoms with Crippen LogP contribution < -0.4 is 10.1 Å². The highest BCUT2D eigenvalue weighted by molar-refractivity contribution is 7.99. The Morgan fingerprint density at radius 1 is 1.23 bits per heavy atom. The molecule has 2 aromatic carbocycles. The van der Waals surface area contributed by atoms with E-state index >= 15 is 0 Å². The third-order valence-corrected chi connectivity index (χ3v) is 3.77. The number of carbonyl (C=O) groups excluding carboxylic acids is 1. The van der Waals surface area contributed by atoms with E-state index in [0.29, 0.717) is 18.0 Å². The van der Waals surface area contributed by atoms with Crippen LogP contribution in [0.25, 0.3) is 0 Å². The number of hydrogen-bond acceptors (Lipinski definition) is 3. The van der Waals surface area contributed by atoms with Crippen LogP contribution in [0.3, 0.4) is 0 Å². The van der Waals surface area contributed by atoms with Crippen LogP contribution in [0.15, 0.2) is 48.5 Å². The molecule has 0 bridgehead atoms. The molecule has 0 aliphatic heterocycles. The van der Waals surface area contributed by atoms with Crippen LogP contribution in [0.2, 0.25) is 0 Å². The minimum Gasteiger partial charge on any atom is -0.493 e. The highest BCUT2D eigenvalue weighted by Gasteiger charge is 2.03. The van der Waals surface area contributed by atoms with Crippen LogP contribution in [-0.4, -0.2) is 24.0 Å². The Bertz CT molecular complexity index is 616. The highest BCUT2D eigenvalue weighted by Crippen LogP contribution is 2.13. The van der Waals surface area contributed by atoms with Gasteiger partial charge in [-0.25, -0.2) is 4.39 Å². The molecule has 5 heteroatoms. The summed E-state index contributed by atoms with van der Waals surface area (Å²) in [7, 11) is 0. The number of nitrogens with one attached hydrogen (secondary N) is 1. The number of benzene rings is 2. The normalized spacial score (nSPS) is 10.3. The molecule has 116 valence electrons. The number of amides is 1. The van der Waals surface area contributed by atoms with E-state index in [1.165, 1.54) is 23.9 Å². The molecule has 2 rings (SSSR count). The minimum absolute atomic E-state index is 0.104. The van der Waals surface area contributed by atoms with Crippen molar-refractivity contribution in [2.45, 2.75) is 6.92 Å². The lowest BCUT2D eigenvalue weighted by Gasteiger charge is -2.07. The third-order valence-electron chi connectivity index (χ3n) is 2.85. The quantitative estimate of drug-likeness (QED) is 0.787. The van der Waals surface area contributed by atoms with Crippen molar-refractivity contribution in [3.8, 4) is 5.75 Å². The summed E-state index contributed by atoms with van der Waals surface area (Å²) < 4.78 is 18.4. The lowest BCUT2D eigenvalue weighted by Crippen LogP contribution is -2.15. The SMILES string of the molecule is Cc1cccc(OCCSCC(=O)Nc2ccc(F)cc2)c1. The molecule has 1 amide bonds. The molecule has 0 saturated heterocycles. The van der Waals surface area contributed by atoms with Crippen molar-refractivity contribution in [1.29, 1.82) is 0 Å². The fourth-order valence-electron chi connectivity index (χ4n) is 1.82. The summed E-state index contributed by atoms with van der Waals surface area (Å²) >= 11 is 1.50. The van der Waals surface area contributed by atoms with E-state index in [9.17, 15) is 9.18 Å². The van der Waals surface area contributed by atoms with E-state index < -0.39 is 0 Å². The van der Waals surface area contributed by atoms with Crippen LogP contribution in [0.5, 0.6) is 5.75 Å². The Morgan fingerprint density at radius 2 is 2.00 bits per heavy atom. The molecule has 3 nitrogen and oxygen atoms in total. The summed E-state index contributed by atoms with van der Waals surface area (Å²) in [6.07, 6.45) is 0. The molecule has 2 aromatic rings. The monoisotopic (exact) mass is 319 g/mol. The summed E-state index contributed by atoms with van der Waals surface area (Å²) in [6.45, 7) is 2.57. The van der Waals surface area contributed by atoms with E-state index in [1.807, 2.05) is 31.2 Å². The molecule has 22 heavy (non-hydrogen) atoms. The first-order chi connectivity index (χ1) is 10.6. The Balaban J connectivity index is 1.62. The van der Waals surface area contributed by atoms with Crippen LogP contribution in [0.4, 0.5) is 10.1 Å². The zero-order valence-electron chi connectivity index (χ0n) is 12.3. The van der Waals surface area contributed by atoms with Crippen LogP contribution in [0, 0.1) is 12.7 Å². The van der Waals surface area contributed by atoms with Crippen molar-refractivity contribution in [2.24, 2.45) is 0 Å². The van der Waals surface area contributed by atoms with Crippen molar-refractivity contribution in [3.63, 3.8) is 0 Å². The van der Waals surface area contributed by atoms with Crippen molar-refractivity contribution in [1.82, 2.24) is 0 Å². The Kier molecular flexibility index (Phi) is 6.27. The second kappa shape index (κ2) is 8.44. The molecule has 0 radical (unpaired) electrons. The zero-order valence-corrected chi connectivity index (χ0v) is 13.2. The van der Waals surface area contributed by atoms with Gasteiger partial charge in [-0.15, -0.1) is 11.8 Å². The van der Waals surface area contributed by atoms with E-state index in [0.717, 1.165) is 17.1 Å². The maximum absolute atomic E-state index is 12.7. The number of rotatable bonds is 7. The average Bonchev–Trinajstić information content (AvgIpc) is 2.49. The first kappa shape index (κ1) is 16.4. The first-order valence-corrected chi connectivity index (χ1v) is 8.11. The predicted molar refractivity (Wildman–Crippen MR) is 89.0 cm³/mol. The van der Waals surface area contributed by atoms with Gasteiger partial charge < -0.3 is 10.1 Å². The summed E-state index contributed by atoms with van der Waals surface area (Å²) in [5.74, 6) is 1.49. The first-order valence-electron chi connectivity index (χ1n) is 6.96. The maximum atomic E-state index is 12.7. The average molecular weight is 319 g/mol. The number of carbonyl (C=O) groups is 1. The van der Waals surface area contributed by atoms with Gasteiger partial charge in [0.2, 0.25) is 5.91 Å². The van der Waals surface area contributed by atoms with Crippen LogP contribution in [-0.2, 0) is 4.79 Å². The molecule has 0 aliphatic rings. The smallest absolute Gasteiger partial charge is 0.234 e. The van der Waals surface area contributed by atoms with Gasteiger partial charge in [0.05, 0.1) is 12.4 Å². The molecule has 0 atom stereocenters. The van der Waals surface area contributed by atoms with E-state index in [1.54, 1.807) is 12.1 Å². The van der Waals surface area contributed by atoms with Crippen molar-refractivity contribution in [3.05, 3.63) is 59.9 Å². The summed E-state index contributed by atoms with van der Waals surface area (Å²) in [5.41, 5.74) is 1.76. The van der Waals surface area contributed by atoms with Gasteiger partial charge in [0.1, 0.15) is 11.6 Å². The minimum atomic E-state index is -0.319. The Morgan fingerprint density at radius 3 is 2.73 bits per heavy atom. The Hall–Kier alpha value is -2.01. The van der Waals surface area contributed by atoms with Crippen LogP contribution in [0.1, 0.15) is 5.56 Å². The van der Waals surface area contributed by atoms with Gasteiger partial charge >= 0.3 is 0 Å². The molecule has 0 aromatic heterocycles. The Labute approximate surface area is 133 Å². The number of aryl methyl sites for hydroxylation is 1. The summed E-state index contributed by atoms with van der Waals surface area (Å²) in [5, 5.41) is 2.72. The van der Waals surface area contributed by atoms with E-state index in [-0.39, 0.29) is 11.7 Å². The molecule has 0 spiro atoms. The largest absolute Gasteiger partial charge is 0.493 e. The molecule has 1 N–H and O–H groups in total. The topological polar surface area (TPSA) is 38.3 Å². The number of thioether (sulfide) groups is 1. The third kappa shape index (κ3) is 5.77. The van der Waals surface area contributed by atoms with Crippen molar-refractivity contribution in [2.75, 3.05) is 23.4 Å². The lowest BCUT2D eigenvalue weighted by molar-refractivity contribution is -0.113. The van der Waals surface area contributed by atoms with E-state index in [2.05, 4.69) is 5.32 Å². The summed E-state index contributed by atoms with van der Waals surface area (Å²) in [4.78, 5) is 11.7. The van der Waals surface area contributed by atoms with E-state index in [4.69, 9.17) is 4.74 Å². The summed E-state index contributed by atoms with van der Waals surface area (Å²) in [6, 6.07) is 13.6. The number of ether oxygens (including phenoxy) is 1. The molecular formula is C17H18FNO2S. The van der Waals surface area contributed by atoms with Gasteiger partial charge in [-0.05, 0) is 48.9 Å². The predicted octanol–water partition coefficient (Wildman–Crippen LogP) is 3.88. The molecular weight excluding hydrogens is 301 g/mol. The van der Waals surface area contributed by atoms with Gasteiger partial charge in [0.15, 0.2) is 0 Å². The molecule has 0 fully saturated rings. The molecule has 0 unspecified atom stereocenters. The zero-order chi connectivity index (χ0) is 15.8. The van der Waals surface area contributed by atoms with Gasteiger partial charge in [0.25, 0.3) is 0 Å². The number of anilines is 1. The van der Waals surface area contributed by atoms with Gasteiger partial charge in [0, 0.05) is 11.4 Å². The fraction of sp³-hybridized carbons (Fsp3) is 0.235. The number of hydrogen-bond donors (Lipinski definition) is 1. The second-order valence-corrected chi connectivity index (χ2v) is 5.88. The fourth-order valence-corrected chi connectivity index (χ4v) is 2.42. The van der Waals surface area contributed by atoms with Gasteiger partial charge in [-0.2, -0.15) is 0 Å². The van der Waals surface area contributed by atoms with Crippen molar-refractivity contribution >= 4 is 23.4 Å². The number of halogens is 1. The molecule has 0 saturated carbocycles. The van der Waals surface area contributed by atoms with Gasteiger partial charge in [-0.1, -0.05) is 12.1 Å². The molecule has 0 aliphatic carbocycles. The van der Waals surface area contributed by atoms with Crippen LogP contribution >= 0.6 is 11.8 Å². The molecule has 0 heterocycles. The second-order valence-electron chi connectivity index (χ2n) is 4.77. The standard InChI is InChI=1S/C17H18FNO2S/c1-13-3-2-4-16(11-13)21-9-10-22-12-17(20)19-15-7-5-14(18)6-8-15/h2-8,11H,9-10,12H2,1H3,(H,19,20). The van der Waals surface area contributed by atoms with Gasteiger partial charge in [-0.3, -0.25) is 4.79 Å². The maximum Gasteiger partial charge on any atom is 0.234 e.